The Morgan fingerprint density at radius 1 is 1.35 bits per heavy atom. The second-order valence-electron chi connectivity index (χ2n) is 7.40. The van der Waals surface area contributed by atoms with Gasteiger partial charge in [0, 0.05) is 19.4 Å². The first-order chi connectivity index (χ1) is 12.6. The fraction of sp³-hybridized carbons (Fsp3) is 0.476. The highest BCUT2D eigenvalue weighted by atomic mass is 16.1. The SMILES string of the molecule is CN(C)C1(N2CCCCC2Nc2ccccc2N)C=CC(CC=O)=CC1. The number of piperidine rings is 1. The van der Waals surface area contributed by atoms with Gasteiger partial charge in [-0.2, -0.15) is 0 Å². The Morgan fingerprint density at radius 2 is 2.15 bits per heavy atom. The van der Waals surface area contributed by atoms with Gasteiger partial charge < -0.3 is 15.8 Å². The Morgan fingerprint density at radius 3 is 2.81 bits per heavy atom. The zero-order valence-corrected chi connectivity index (χ0v) is 15.8. The molecule has 0 amide bonds. The Bertz CT molecular complexity index is 697. The van der Waals surface area contributed by atoms with Crippen LogP contribution >= 0.6 is 0 Å². The van der Waals surface area contributed by atoms with E-state index >= 15 is 0 Å². The molecule has 140 valence electrons. The molecule has 26 heavy (non-hydrogen) atoms. The number of rotatable bonds is 6. The van der Waals surface area contributed by atoms with Gasteiger partial charge in [-0.05, 0) is 57.1 Å². The maximum Gasteiger partial charge on any atom is 0.124 e. The molecule has 1 saturated heterocycles. The summed E-state index contributed by atoms with van der Waals surface area (Å²) >= 11 is 0. The number of nitrogens with zero attached hydrogens (tertiary/aromatic N) is 2. The summed E-state index contributed by atoms with van der Waals surface area (Å²) in [6.07, 6.45) is 12.6. The summed E-state index contributed by atoms with van der Waals surface area (Å²) in [6, 6.07) is 7.96. The molecule has 0 spiro atoms. The van der Waals surface area contributed by atoms with E-state index in [0.29, 0.717) is 6.42 Å². The van der Waals surface area contributed by atoms with Crippen molar-refractivity contribution in [3.05, 3.63) is 48.1 Å². The molecule has 1 aliphatic carbocycles. The van der Waals surface area contributed by atoms with Gasteiger partial charge in [0.1, 0.15) is 6.29 Å². The van der Waals surface area contributed by atoms with Crippen LogP contribution in [0.15, 0.2) is 48.1 Å². The van der Waals surface area contributed by atoms with Crippen LogP contribution in [0.1, 0.15) is 32.1 Å². The first-order valence-corrected chi connectivity index (χ1v) is 9.44. The number of para-hydroxylation sites is 2. The average molecular weight is 354 g/mol. The molecule has 1 aromatic rings. The molecule has 2 unspecified atom stereocenters. The van der Waals surface area contributed by atoms with Gasteiger partial charge in [-0.1, -0.05) is 24.3 Å². The first kappa shape index (κ1) is 18.7. The number of benzene rings is 1. The molecule has 3 rings (SSSR count). The minimum absolute atomic E-state index is 0.186. The largest absolute Gasteiger partial charge is 0.397 e. The smallest absolute Gasteiger partial charge is 0.124 e. The molecule has 0 saturated carbocycles. The van der Waals surface area contributed by atoms with Gasteiger partial charge >= 0.3 is 0 Å². The summed E-state index contributed by atoms with van der Waals surface area (Å²) in [4.78, 5) is 15.7. The lowest BCUT2D eigenvalue weighted by molar-refractivity contribution is -0.107. The molecule has 3 N–H and O–H groups in total. The normalized spacial score (nSPS) is 26.6. The number of anilines is 2. The number of allylic oxidation sites excluding steroid dienone is 2. The predicted molar refractivity (Wildman–Crippen MR) is 108 cm³/mol. The van der Waals surface area contributed by atoms with Crippen LogP contribution in [-0.2, 0) is 4.79 Å². The lowest BCUT2D eigenvalue weighted by Crippen LogP contribution is -2.63. The quantitative estimate of drug-likeness (QED) is 0.607. The van der Waals surface area contributed by atoms with Crippen molar-refractivity contribution in [2.24, 2.45) is 0 Å². The predicted octanol–water partition coefficient (Wildman–Crippen LogP) is 3.23. The van der Waals surface area contributed by atoms with Gasteiger partial charge in [-0.3, -0.25) is 9.80 Å². The number of likely N-dealkylation sites (N-methyl/N-ethyl adjacent to an activating group) is 1. The molecule has 1 heterocycles. The lowest BCUT2D eigenvalue weighted by atomic mass is 9.90. The molecule has 1 aromatic carbocycles. The first-order valence-electron chi connectivity index (χ1n) is 9.44. The van der Waals surface area contributed by atoms with Gasteiger partial charge in [-0.15, -0.1) is 0 Å². The summed E-state index contributed by atoms with van der Waals surface area (Å²) in [5.74, 6) is 0. The van der Waals surface area contributed by atoms with E-state index in [1.807, 2.05) is 24.3 Å². The van der Waals surface area contributed by atoms with Crippen molar-refractivity contribution in [3.8, 4) is 0 Å². The van der Waals surface area contributed by atoms with E-state index < -0.39 is 0 Å². The molecule has 1 aliphatic heterocycles. The Hall–Kier alpha value is -2.11. The van der Waals surface area contributed by atoms with Crippen molar-refractivity contribution < 1.29 is 4.79 Å². The second-order valence-corrected chi connectivity index (χ2v) is 7.40. The van der Waals surface area contributed by atoms with Gasteiger partial charge in [0.2, 0.25) is 0 Å². The number of carbonyl (C=O) groups is 1. The third-order valence-corrected chi connectivity index (χ3v) is 5.61. The molecule has 0 radical (unpaired) electrons. The van der Waals surface area contributed by atoms with Crippen molar-refractivity contribution in [1.29, 1.82) is 0 Å². The number of nitrogens with one attached hydrogen (secondary N) is 1. The van der Waals surface area contributed by atoms with Crippen LogP contribution < -0.4 is 11.1 Å². The Labute approximate surface area is 156 Å². The van der Waals surface area contributed by atoms with Gasteiger partial charge in [-0.25, -0.2) is 0 Å². The minimum Gasteiger partial charge on any atom is -0.397 e. The summed E-state index contributed by atoms with van der Waals surface area (Å²) in [5.41, 5.74) is 8.85. The third-order valence-electron chi connectivity index (χ3n) is 5.61. The fourth-order valence-electron chi connectivity index (χ4n) is 4.06. The van der Waals surface area contributed by atoms with E-state index in [-0.39, 0.29) is 11.8 Å². The van der Waals surface area contributed by atoms with E-state index in [4.69, 9.17) is 5.73 Å². The maximum absolute atomic E-state index is 10.8. The maximum atomic E-state index is 10.8. The highest BCUT2D eigenvalue weighted by Gasteiger charge is 2.42. The zero-order valence-electron chi connectivity index (χ0n) is 15.8. The van der Waals surface area contributed by atoms with Crippen molar-refractivity contribution in [2.45, 2.75) is 43.9 Å². The average Bonchev–Trinajstić information content (AvgIpc) is 2.65. The van der Waals surface area contributed by atoms with Crippen molar-refractivity contribution in [1.82, 2.24) is 9.80 Å². The Kier molecular flexibility index (Phi) is 5.79. The van der Waals surface area contributed by atoms with Crippen LogP contribution in [0.3, 0.4) is 0 Å². The van der Waals surface area contributed by atoms with Crippen molar-refractivity contribution in [2.75, 3.05) is 31.7 Å². The van der Waals surface area contributed by atoms with E-state index in [1.165, 1.54) is 12.8 Å². The lowest BCUT2D eigenvalue weighted by Gasteiger charge is -2.52. The van der Waals surface area contributed by atoms with Gasteiger partial charge in [0.05, 0.1) is 23.2 Å². The highest BCUT2D eigenvalue weighted by molar-refractivity contribution is 5.66. The van der Waals surface area contributed by atoms with Crippen LogP contribution in [0.2, 0.25) is 0 Å². The Balaban J connectivity index is 1.86. The fourth-order valence-corrected chi connectivity index (χ4v) is 4.06. The van der Waals surface area contributed by atoms with Crippen molar-refractivity contribution in [3.63, 3.8) is 0 Å². The topological polar surface area (TPSA) is 61.6 Å². The zero-order chi connectivity index (χ0) is 18.6. The monoisotopic (exact) mass is 354 g/mol. The van der Waals surface area contributed by atoms with Crippen LogP contribution in [0.25, 0.3) is 0 Å². The van der Waals surface area contributed by atoms with Crippen LogP contribution in [0, 0.1) is 0 Å². The third kappa shape index (κ3) is 3.69. The summed E-state index contributed by atoms with van der Waals surface area (Å²) in [7, 11) is 4.26. The summed E-state index contributed by atoms with van der Waals surface area (Å²) in [6.45, 7) is 1.03. The van der Waals surface area contributed by atoms with E-state index in [1.54, 1.807) is 0 Å². The number of likely N-dealkylation sites (tertiary alicyclic amines) is 1. The van der Waals surface area contributed by atoms with E-state index in [2.05, 4.69) is 47.4 Å². The number of aldehydes is 1. The number of nitrogens with two attached hydrogens (primary N) is 1. The van der Waals surface area contributed by atoms with Crippen LogP contribution in [0.4, 0.5) is 11.4 Å². The number of carbonyl (C=O) groups excluding carboxylic acids is 1. The number of hydrogen-bond donors (Lipinski definition) is 2. The molecular formula is C21H30N4O. The second kappa shape index (κ2) is 8.06. The number of nitrogen functional groups attached to an aromatic ring is 1. The molecular weight excluding hydrogens is 324 g/mol. The number of hydrogen-bond acceptors (Lipinski definition) is 5. The minimum atomic E-state index is -0.186. The highest BCUT2D eigenvalue weighted by Crippen LogP contribution is 2.36. The molecule has 2 aliphatic rings. The van der Waals surface area contributed by atoms with Crippen LogP contribution in [0.5, 0.6) is 0 Å². The molecule has 1 fully saturated rings. The van der Waals surface area contributed by atoms with Crippen molar-refractivity contribution >= 4 is 17.7 Å². The molecule has 0 bridgehead atoms. The molecule has 5 nitrogen and oxygen atoms in total. The summed E-state index contributed by atoms with van der Waals surface area (Å²) in [5, 5.41) is 3.68. The summed E-state index contributed by atoms with van der Waals surface area (Å²) < 4.78 is 0. The standard InChI is InChI=1S/C21H30N4O/c1-24(2)21(13-10-17(11-14-21)12-16-26)25-15-6-5-9-20(25)23-19-8-4-3-7-18(19)22/h3-4,7-8,10-11,13,16,20,23H,5-6,9,12,14-15,22H2,1-2H3. The van der Waals surface area contributed by atoms with Crippen LogP contribution in [-0.4, -0.2) is 48.6 Å². The molecule has 2 atom stereocenters. The van der Waals surface area contributed by atoms with Gasteiger partial charge in [0.25, 0.3) is 0 Å². The van der Waals surface area contributed by atoms with E-state index in [9.17, 15) is 4.79 Å². The molecule has 5 heteroatoms. The molecule has 0 aromatic heterocycles. The van der Waals surface area contributed by atoms with Gasteiger partial charge in [0.15, 0.2) is 0 Å². The van der Waals surface area contributed by atoms with E-state index in [0.717, 1.165) is 42.6 Å².